The lowest BCUT2D eigenvalue weighted by atomic mass is 9.96. The maximum Gasteiger partial charge on any atom is 0.191 e. The van der Waals surface area contributed by atoms with Crippen LogP contribution in [0.4, 0.5) is 0 Å². The van der Waals surface area contributed by atoms with E-state index in [2.05, 4.69) is 22.5 Å². The molecule has 0 aromatic heterocycles. The Labute approximate surface area is 145 Å². The Balaban J connectivity index is 1.58. The van der Waals surface area contributed by atoms with E-state index in [1.807, 2.05) is 37.3 Å². The highest BCUT2D eigenvalue weighted by atomic mass is 16.3. The summed E-state index contributed by atoms with van der Waals surface area (Å²) in [5, 5.41) is 17.5. The quantitative estimate of drug-likeness (QED) is 0.508. The first kappa shape index (κ1) is 17.3. The highest BCUT2D eigenvalue weighted by Crippen LogP contribution is 2.48. The summed E-state index contributed by atoms with van der Waals surface area (Å²) in [6.45, 7) is 6.09. The Morgan fingerprint density at radius 2 is 1.79 bits per heavy atom. The van der Waals surface area contributed by atoms with Crippen LogP contribution in [0, 0.1) is 17.8 Å². The number of aliphatic imine (C=N–C) groups is 1. The fourth-order valence-electron chi connectivity index (χ4n) is 3.44. The average molecular weight is 329 g/mol. The molecule has 0 saturated heterocycles. The van der Waals surface area contributed by atoms with E-state index < -0.39 is 5.60 Å². The zero-order valence-electron chi connectivity index (χ0n) is 15.0. The average Bonchev–Trinajstić information content (AvgIpc) is 3.47. The number of hydrogen-bond donors (Lipinski definition) is 3. The van der Waals surface area contributed by atoms with Crippen LogP contribution in [0.1, 0.15) is 45.1 Å². The molecule has 2 saturated carbocycles. The van der Waals surface area contributed by atoms with Gasteiger partial charge in [-0.25, -0.2) is 4.99 Å². The Kier molecular flexibility index (Phi) is 5.44. The molecule has 1 atom stereocenters. The van der Waals surface area contributed by atoms with Crippen LogP contribution in [-0.4, -0.2) is 30.7 Å². The molecule has 1 aromatic carbocycles. The van der Waals surface area contributed by atoms with Crippen LogP contribution in [0.3, 0.4) is 0 Å². The number of hydrogen-bond acceptors (Lipinski definition) is 2. The van der Waals surface area contributed by atoms with Gasteiger partial charge in [0.25, 0.3) is 0 Å². The van der Waals surface area contributed by atoms with E-state index in [1.54, 1.807) is 0 Å². The van der Waals surface area contributed by atoms with Crippen LogP contribution in [-0.2, 0) is 5.60 Å². The molecule has 0 radical (unpaired) electrons. The van der Waals surface area contributed by atoms with Crippen molar-refractivity contribution in [3.05, 3.63) is 35.9 Å². The Bertz CT molecular complexity index is 535. The molecule has 0 aliphatic heterocycles. The molecule has 0 bridgehead atoms. The van der Waals surface area contributed by atoms with Crippen molar-refractivity contribution in [2.24, 2.45) is 22.7 Å². The third kappa shape index (κ3) is 4.73. The zero-order valence-corrected chi connectivity index (χ0v) is 15.0. The number of nitrogens with zero attached hydrogens (tertiary/aromatic N) is 1. The highest BCUT2D eigenvalue weighted by molar-refractivity contribution is 5.79. The third-order valence-corrected chi connectivity index (χ3v) is 5.25. The van der Waals surface area contributed by atoms with Gasteiger partial charge in [-0.15, -0.1) is 0 Å². The second kappa shape index (κ2) is 7.56. The van der Waals surface area contributed by atoms with E-state index in [-0.39, 0.29) is 0 Å². The summed E-state index contributed by atoms with van der Waals surface area (Å²) in [5.74, 6) is 3.49. The SMILES string of the molecule is CCNC(=NCC(C)(O)c1ccccc1)NCC(C1CC1)C1CC1. The topological polar surface area (TPSA) is 56.7 Å². The van der Waals surface area contributed by atoms with Crippen molar-refractivity contribution in [3.8, 4) is 0 Å². The van der Waals surface area contributed by atoms with Gasteiger partial charge in [0.1, 0.15) is 5.60 Å². The van der Waals surface area contributed by atoms with Crippen molar-refractivity contribution in [3.63, 3.8) is 0 Å². The van der Waals surface area contributed by atoms with Crippen molar-refractivity contribution in [2.45, 2.75) is 45.1 Å². The normalized spacial score (nSPS) is 20.8. The molecule has 3 N–H and O–H groups in total. The molecule has 0 spiro atoms. The molecule has 0 amide bonds. The largest absolute Gasteiger partial charge is 0.384 e. The Hall–Kier alpha value is -1.55. The van der Waals surface area contributed by atoms with Crippen LogP contribution in [0.15, 0.2) is 35.3 Å². The van der Waals surface area contributed by atoms with Gasteiger partial charge in [-0.05, 0) is 62.8 Å². The third-order valence-electron chi connectivity index (χ3n) is 5.25. The van der Waals surface area contributed by atoms with E-state index in [4.69, 9.17) is 0 Å². The van der Waals surface area contributed by atoms with Gasteiger partial charge >= 0.3 is 0 Å². The minimum absolute atomic E-state index is 0.351. The van der Waals surface area contributed by atoms with Gasteiger partial charge in [0.2, 0.25) is 0 Å². The first-order valence-electron chi connectivity index (χ1n) is 9.40. The van der Waals surface area contributed by atoms with Gasteiger partial charge in [-0.2, -0.15) is 0 Å². The van der Waals surface area contributed by atoms with Gasteiger partial charge < -0.3 is 15.7 Å². The molecule has 3 rings (SSSR count). The van der Waals surface area contributed by atoms with Gasteiger partial charge in [0.15, 0.2) is 5.96 Å². The number of benzene rings is 1. The minimum atomic E-state index is -0.948. The Morgan fingerprint density at radius 1 is 1.17 bits per heavy atom. The predicted octanol–water partition coefficient (Wildman–Crippen LogP) is 2.89. The molecule has 132 valence electrons. The molecular formula is C20H31N3O. The van der Waals surface area contributed by atoms with Crippen LogP contribution in [0.5, 0.6) is 0 Å². The van der Waals surface area contributed by atoms with Crippen LogP contribution >= 0.6 is 0 Å². The summed E-state index contributed by atoms with van der Waals surface area (Å²) >= 11 is 0. The zero-order chi connectivity index (χ0) is 17.0. The molecule has 24 heavy (non-hydrogen) atoms. The lowest BCUT2D eigenvalue weighted by Crippen LogP contribution is -2.41. The van der Waals surface area contributed by atoms with Gasteiger partial charge in [0.05, 0.1) is 6.54 Å². The monoisotopic (exact) mass is 329 g/mol. The predicted molar refractivity (Wildman–Crippen MR) is 98.9 cm³/mol. The van der Waals surface area contributed by atoms with Gasteiger partial charge in [-0.3, -0.25) is 0 Å². The molecule has 0 heterocycles. The standard InChI is InChI=1S/C20H31N3O/c1-3-21-19(22-13-18(15-9-10-15)16-11-12-16)23-14-20(2,24)17-7-5-4-6-8-17/h4-8,15-16,18,24H,3,9-14H2,1-2H3,(H2,21,22,23). The van der Waals surface area contributed by atoms with E-state index in [9.17, 15) is 5.11 Å². The molecule has 1 aromatic rings. The smallest absolute Gasteiger partial charge is 0.191 e. The van der Waals surface area contributed by atoms with Crippen molar-refractivity contribution in [2.75, 3.05) is 19.6 Å². The summed E-state index contributed by atoms with van der Waals surface area (Å²) in [4.78, 5) is 4.64. The molecule has 4 heteroatoms. The lowest BCUT2D eigenvalue weighted by molar-refractivity contribution is 0.0672. The van der Waals surface area contributed by atoms with E-state index in [0.717, 1.165) is 42.4 Å². The summed E-state index contributed by atoms with van der Waals surface area (Å²) in [6, 6.07) is 9.77. The summed E-state index contributed by atoms with van der Waals surface area (Å²) in [5.41, 5.74) is -0.0471. The lowest BCUT2D eigenvalue weighted by Gasteiger charge is -2.23. The summed E-state index contributed by atoms with van der Waals surface area (Å²) < 4.78 is 0. The highest BCUT2D eigenvalue weighted by Gasteiger charge is 2.41. The van der Waals surface area contributed by atoms with Crippen LogP contribution < -0.4 is 10.6 Å². The number of guanidine groups is 1. The molecule has 2 aliphatic rings. The van der Waals surface area contributed by atoms with Gasteiger partial charge in [-0.1, -0.05) is 30.3 Å². The first-order valence-corrected chi connectivity index (χ1v) is 9.40. The number of rotatable bonds is 8. The summed E-state index contributed by atoms with van der Waals surface area (Å²) in [7, 11) is 0. The molecular weight excluding hydrogens is 298 g/mol. The molecule has 2 aliphatic carbocycles. The van der Waals surface area contributed by atoms with E-state index in [1.165, 1.54) is 25.7 Å². The van der Waals surface area contributed by atoms with Crippen molar-refractivity contribution >= 4 is 5.96 Å². The second-order valence-electron chi connectivity index (χ2n) is 7.55. The maximum atomic E-state index is 10.7. The second-order valence-corrected chi connectivity index (χ2v) is 7.55. The van der Waals surface area contributed by atoms with E-state index in [0.29, 0.717) is 6.54 Å². The van der Waals surface area contributed by atoms with Crippen molar-refractivity contribution in [1.29, 1.82) is 0 Å². The van der Waals surface area contributed by atoms with Crippen molar-refractivity contribution in [1.82, 2.24) is 10.6 Å². The summed E-state index contributed by atoms with van der Waals surface area (Å²) in [6.07, 6.45) is 5.61. The molecule has 1 unspecified atom stereocenters. The molecule has 2 fully saturated rings. The Morgan fingerprint density at radius 3 is 2.33 bits per heavy atom. The van der Waals surface area contributed by atoms with Crippen molar-refractivity contribution < 1.29 is 5.11 Å². The number of aliphatic hydroxyl groups is 1. The van der Waals surface area contributed by atoms with Gasteiger partial charge in [0, 0.05) is 13.1 Å². The van der Waals surface area contributed by atoms with Crippen LogP contribution in [0.2, 0.25) is 0 Å². The van der Waals surface area contributed by atoms with E-state index >= 15 is 0 Å². The minimum Gasteiger partial charge on any atom is -0.384 e. The van der Waals surface area contributed by atoms with Crippen LogP contribution in [0.25, 0.3) is 0 Å². The fourth-order valence-corrected chi connectivity index (χ4v) is 3.44. The molecule has 4 nitrogen and oxygen atoms in total. The fraction of sp³-hybridized carbons (Fsp3) is 0.650. The number of nitrogens with one attached hydrogen (secondary N) is 2. The maximum absolute atomic E-state index is 10.7. The first-order chi connectivity index (χ1) is 11.6.